The summed E-state index contributed by atoms with van der Waals surface area (Å²) in [6, 6.07) is 0. The van der Waals surface area contributed by atoms with Crippen molar-refractivity contribution >= 4 is 15.8 Å². The molecular formula is C19H39N3O3S. The van der Waals surface area contributed by atoms with Gasteiger partial charge in [-0.05, 0) is 31.6 Å². The Bertz CT molecular complexity index is 510. The maximum Gasteiger partial charge on any atom is 0.191 e. The fourth-order valence-corrected chi connectivity index (χ4v) is 3.90. The summed E-state index contributed by atoms with van der Waals surface area (Å²) in [4.78, 5) is 4.63. The van der Waals surface area contributed by atoms with E-state index in [1.165, 1.54) is 44.8 Å². The van der Waals surface area contributed by atoms with Crippen LogP contribution in [0.2, 0.25) is 0 Å². The molecule has 0 radical (unpaired) electrons. The average Bonchev–Trinajstić information content (AvgIpc) is 2.83. The minimum Gasteiger partial charge on any atom is -0.376 e. The molecule has 0 aliphatic heterocycles. The third-order valence-electron chi connectivity index (χ3n) is 4.71. The van der Waals surface area contributed by atoms with E-state index in [-0.39, 0.29) is 11.2 Å². The first-order chi connectivity index (χ1) is 12.2. The van der Waals surface area contributed by atoms with Crippen molar-refractivity contribution in [2.75, 3.05) is 38.2 Å². The van der Waals surface area contributed by atoms with Crippen LogP contribution in [-0.2, 0) is 14.6 Å². The van der Waals surface area contributed by atoms with Gasteiger partial charge in [0.1, 0.15) is 9.84 Å². The van der Waals surface area contributed by atoms with Gasteiger partial charge in [-0.25, -0.2) is 8.42 Å². The fourth-order valence-electron chi connectivity index (χ4n) is 2.98. The Balaban J connectivity index is 2.37. The van der Waals surface area contributed by atoms with Crippen LogP contribution < -0.4 is 10.6 Å². The molecule has 0 aromatic carbocycles. The van der Waals surface area contributed by atoms with Crippen LogP contribution in [0.1, 0.15) is 65.7 Å². The van der Waals surface area contributed by atoms with Gasteiger partial charge in [-0.15, -0.1) is 0 Å². The van der Waals surface area contributed by atoms with E-state index in [2.05, 4.69) is 29.5 Å². The topological polar surface area (TPSA) is 79.8 Å². The van der Waals surface area contributed by atoms with Gasteiger partial charge in [0.05, 0.1) is 18.5 Å². The predicted molar refractivity (Wildman–Crippen MR) is 110 cm³/mol. The Morgan fingerprint density at radius 2 is 1.81 bits per heavy atom. The van der Waals surface area contributed by atoms with E-state index >= 15 is 0 Å². The second-order valence-corrected chi connectivity index (χ2v) is 10.4. The third-order valence-corrected chi connectivity index (χ3v) is 5.66. The lowest BCUT2D eigenvalue weighted by molar-refractivity contribution is 0.0468. The molecule has 1 aliphatic carbocycles. The van der Waals surface area contributed by atoms with Crippen LogP contribution in [0.5, 0.6) is 0 Å². The highest BCUT2D eigenvalue weighted by Crippen LogP contribution is 2.21. The van der Waals surface area contributed by atoms with Crippen LogP contribution in [0, 0.1) is 5.41 Å². The summed E-state index contributed by atoms with van der Waals surface area (Å²) in [5.74, 6) is 0.971. The van der Waals surface area contributed by atoms with E-state index in [1.54, 1.807) is 0 Å². The van der Waals surface area contributed by atoms with Crippen molar-refractivity contribution in [3.8, 4) is 0 Å². The zero-order valence-corrected chi connectivity index (χ0v) is 18.0. The van der Waals surface area contributed by atoms with Crippen LogP contribution in [0.3, 0.4) is 0 Å². The van der Waals surface area contributed by atoms with E-state index in [0.29, 0.717) is 25.7 Å². The molecule has 0 atom stereocenters. The second kappa shape index (κ2) is 11.8. The first kappa shape index (κ1) is 23.2. The largest absolute Gasteiger partial charge is 0.376 e. The molecule has 0 unspecified atom stereocenters. The van der Waals surface area contributed by atoms with Crippen LogP contribution >= 0.6 is 0 Å². The number of hydrogen-bond donors (Lipinski definition) is 2. The Morgan fingerprint density at radius 1 is 1.15 bits per heavy atom. The number of sulfone groups is 1. The summed E-state index contributed by atoms with van der Waals surface area (Å²) < 4.78 is 28.7. The predicted octanol–water partition coefficient (Wildman–Crippen LogP) is 2.74. The van der Waals surface area contributed by atoms with Crippen molar-refractivity contribution in [2.45, 2.75) is 71.8 Å². The molecule has 0 aromatic heterocycles. The highest BCUT2D eigenvalue weighted by molar-refractivity contribution is 7.90. The molecule has 0 aromatic rings. The maximum absolute atomic E-state index is 11.4. The molecule has 26 heavy (non-hydrogen) atoms. The summed E-state index contributed by atoms with van der Waals surface area (Å²) in [7, 11) is -2.93. The molecule has 2 N–H and O–H groups in total. The minimum absolute atomic E-state index is 0.151. The van der Waals surface area contributed by atoms with Crippen molar-refractivity contribution in [3.05, 3.63) is 0 Å². The van der Waals surface area contributed by atoms with Gasteiger partial charge in [0.2, 0.25) is 0 Å². The van der Waals surface area contributed by atoms with Gasteiger partial charge in [0.15, 0.2) is 5.96 Å². The van der Waals surface area contributed by atoms with E-state index in [0.717, 1.165) is 19.0 Å². The smallest absolute Gasteiger partial charge is 0.191 e. The Labute approximate surface area is 160 Å². The van der Waals surface area contributed by atoms with Gasteiger partial charge in [-0.3, -0.25) is 4.99 Å². The summed E-state index contributed by atoms with van der Waals surface area (Å²) in [6.07, 6.45) is 9.91. The monoisotopic (exact) mass is 389 g/mol. The molecule has 1 saturated carbocycles. The van der Waals surface area contributed by atoms with Gasteiger partial charge < -0.3 is 15.4 Å². The lowest BCUT2D eigenvalue weighted by Crippen LogP contribution is -2.40. The molecule has 154 valence electrons. The van der Waals surface area contributed by atoms with Crippen molar-refractivity contribution in [1.82, 2.24) is 10.6 Å². The lowest BCUT2D eigenvalue weighted by Gasteiger charge is -2.23. The number of nitrogens with zero attached hydrogens (tertiary/aromatic N) is 1. The number of hydrogen-bond acceptors (Lipinski definition) is 4. The van der Waals surface area contributed by atoms with Crippen molar-refractivity contribution < 1.29 is 13.2 Å². The first-order valence-corrected chi connectivity index (χ1v) is 12.1. The molecule has 7 heteroatoms. The molecule has 0 bridgehead atoms. The molecular weight excluding hydrogens is 350 g/mol. The van der Waals surface area contributed by atoms with E-state index in [4.69, 9.17) is 4.74 Å². The number of aliphatic imine (C=N–C) groups is 1. The highest BCUT2D eigenvalue weighted by Gasteiger charge is 2.20. The Kier molecular flexibility index (Phi) is 10.5. The van der Waals surface area contributed by atoms with Crippen molar-refractivity contribution in [3.63, 3.8) is 0 Å². The quantitative estimate of drug-likeness (QED) is 0.260. The van der Waals surface area contributed by atoms with E-state index in [9.17, 15) is 8.42 Å². The average molecular weight is 390 g/mol. The normalized spacial score (nSPS) is 17.8. The minimum atomic E-state index is -2.93. The molecule has 0 heterocycles. The van der Waals surface area contributed by atoms with E-state index < -0.39 is 9.84 Å². The number of nitrogens with one attached hydrogen (secondary N) is 2. The van der Waals surface area contributed by atoms with Crippen LogP contribution in [-0.4, -0.2) is 58.7 Å². The van der Waals surface area contributed by atoms with Crippen LogP contribution in [0.15, 0.2) is 4.99 Å². The number of ether oxygens (including phenoxy) is 1. The first-order valence-electron chi connectivity index (χ1n) is 10.0. The molecule has 0 spiro atoms. The zero-order chi connectivity index (χ0) is 19.5. The summed E-state index contributed by atoms with van der Waals surface area (Å²) >= 11 is 0. The van der Waals surface area contributed by atoms with Gasteiger partial charge in [0, 0.05) is 25.9 Å². The fraction of sp³-hybridized carbons (Fsp3) is 0.947. The maximum atomic E-state index is 11.4. The SMILES string of the molecule is CCNC(=NCC(C)(C)CCS(C)(=O)=O)NCCOC1CCCCCC1. The van der Waals surface area contributed by atoms with Gasteiger partial charge in [-0.1, -0.05) is 39.5 Å². The Morgan fingerprint density at radius 3 is 2.38 bits per heavy atom. The molecule has 0 amide bonds. The summed E-state index contributed by atoms with van der Waals surface area (Å²) in [5, 5.41) is 6.56. The molecule has 1 aliphatic rings. The standard InChI is InChI=1S/C19H39N3O3S/c1-5-20-18(22-16-19(2,3)12-15-26(4,23)24)21-13-14-25-17-10-8-6-7-9-11-17/h17H,5-16H2,1-4H3,(H2,20,21,22). The lowest BCUT2D eigenvalue weighted by atomic mass is 9.90. The molecule has 1 fully saturated rings. The number of rotatable bonds is 10. The van der Waals surface area contributed by atoms with Crippen molar-refractivity contribution in [2.24, 2.45) is 10.4 Å². The highest BCUT2D eigenvalue weighted by atomic mass is 32.2. The second-order valence-electron chi connectivity index (χ2n) is 8.15. The van der Waals surface area contributed by atoms with Gasteiger partial charge in [-0.2, -0.15) is 0 Å². The van der Waals surface area contributed by atoms with Crippen molar-refractivity contribution in [1.29, 1.82) is 0 Å². The zero-order valence-electron chi connectivity index (χ0n) is 17.1. The van der Waals surface area contributed by atoms with Crippen LogP contribution in [0.4, 0.5) is 0 Å². The third kappa shape index (κ3) is 11.7. The van der Waals surface area contributed by atoms with E-state index in [1.807, 2.05) is 6.92 Å². The van der Waals surface area contributed by atoms with Crippen LogP contribution in [0.25, 0.3) is 0 Å². The number of guanidine groups is 1. The molecule has 1 rings (SSSR count). The Hall–Kier alpha value is -0.820. The molecule has 0 saturated heterocycles. The summed E-state index contributed by atoms with van der Waals surface area (Å²) in [5.41, 5.74) is -0.151. The molecule has 6 nitrogen and oxygen atoms in total. The van der Waals surface area contributed by atoms with Gasteiger partial charge >= 0.3 is 0 Å². The van der Waals surface area contributed by atoms with Gasteiger partial charge in [0.25, 0.3) is 0 Å². The summed E-state index contributed by atoms with van der Waals surface area (Å²) in [6.45, 7) is 8.94.